The van der Waals surface area contributed by atoms with Crippen molar-refractivity contribution in [3.63, 3.8) is 0 Å². The first-order chi connectivity index (χ1) is 27.2. The standard InChI is InChI=1S/C50H56N4Si4/c1-55(2,3)33-29-39-21-13-17-25-43(39)51-47-37-49(53-45-27-19-15-23-41(45)31-35-57(7,8)9)50(54-46-28-20-16-24-42(46)32-36-58(10,11)12)38-48(47)52-44-26-18-14-22-40(44)30-34-56(4,5)6/h13-28,37-38,51,54H,1-12H3. The molecule has 0 fully saturated rings. The summed E-state index contributed by atoms with van der Waals surface area (Å²) in [5.41, 5.74) is 24.3. The number of benzene rings is 4. The molecule has 4 nitrogen and oxygen atoms in total. The maximum atomic E-state index is 5.37. The van der Waals surface area contributed by atoms with Crippen LogP contribution in [0.4, 0.5) is 22.7 Å². The molecule has 1 aliphatic rings. The lowest BCUT2D eigenvalue weighted by atomic mass is 10.0. The highest BCUT2D eigenvalue weighted by molar-refractivity contribution is 6.85. The monoisotopic (exact) mass is 824 g/mol. The van der Waals surface area contributed by atoms with Gasteiger partial charge in [0.1, 0.15) is 32.3 Å². The quantitative estimate of drug-likeness (QED) is 0.116. The Morgan fingerprint density at radius 1 is 0.362 bits per heavy atom. The Morgan fingerprint density at radius 3 is 0.966 bits per heavy atom. The third-order valence-electron chi connectivity index (χ3n) is 8.09. The highest BCUT2D eigenvalue weighted by Gasteiger charge is 2.22. The molecule has 0 atom stereocenters. The molecule has 58 heavy (non-hydrogen) atoms. The van der Waals surface area contributed by atoms with Crippen molar-refractivity contribution in [3.8, 4) is 45.9 Å². The van der Waals surface area contributed by atoms with Gasteiger partial charge in [-0.05, 0) is 60.7 Å². The summed E-state index contributed by atoms with van der Waals surface area (Å²) in [5, 5.41) is 7.52. The van der Waals surface area contributed by atoms with Gasteiger partial charge in [0.05, 0.1) is 45.6 Å². The maximum absolute atomic E-state index is 5.37. The van der Waals surface area contributed by atoms with Crippen LogP contribution in [0.25, 0.3) is 0 Å². The Morgan fingerprint density at radius 2 is 0.638 bits per heavy atom. The summed E-state index contributed by atoms with van der Waals surface area (Å²) in [7, 11) is -6.59. The highest BCUT2D eigenvalue weighted by Crippen LogP contribution is 2.29. The van der Waals surface area contributed by atoms with Gasteiger partial charge >= 0.3 is 0 Å². The number of nitrogens with one attached hydrogen (secondary N) is 2. The van der Waals surface area contributed by atoms with E-state index in [4.69, 9.17) is 9.98 Å². The van der Waals surface area contributed by atoms with Gasteiger partial charge in [0.2, 0.25) is 0 Å². The summed E-state index contributed by atoms with van der Waals surface area (Å²) in [6, 6.07) is 32.7. The van der Waals surface area contributed by atoms with Crippen LogP contribution in [0.2, 0.25) is 78.6 Å². The zero-order valence-corrected chi connectivity index (χ0v) is 40.3. The average Bonchev–Trinajstić information content (AvgIpc) is 3.13. The first-order valence-corrected chi connectivity index (χ1v) is 33.9. The second-order valence-electron chi connectivity index (χ2n) is 18.5. The van der Waals surface area contributed by atoms with Crippen LogP contribution in [0.15, 0.2) is 131 Å². The zero-order valence-electron chi connectivity index (χ0n) is 36.3. The van der Waals surface area contributed by atoms with E-state index >= 15 is 0 Å². The van der Waals surface area contributed by atoms with Crippen molar-refractivity contribution in [2.45, 2.75) is 78.6 Å². The molecule has 1 aliphatic carbocycles. The Labute approximate surface area is 352 Å². The Kier molecular flexibility index (Phi) is 13.8. The summed E-state index contributed by atoms with van der Waals surface area (Å²) in [4.78, 5) is 10.7. The molecule has 2 N–H and O–H groups in total. The minimum Gasteiger partial charge on any atom is -0.353 e. The molecule has 0 heterocycles. The first kappa shape index (κ1) is 43.5. The van der Waals surface area contributed by atoms with Crippen LogP contribution < -0.4 is 10.6 Å². The number of anilines is 2. The Bertz CT molecular complexity index is 2390. The van der Waals surface area contributed by atoms with Gasteiger partial charge in [-0.2, -0.15) is 0 Å². The van der Waals surface area contributed by atoms with Gasteiger partial charge in [-0.3, -0.25) is 0 Å². The molecule has 8 heteroatoms. The van der Waals surface area contributed by atoms with Gasteiger partial charge < -0.3 is 10.6 Å². The predicted octanol–water partition coefficient (Wildman–Crippen LogP) is 12.5. The van der Waals surface area contributed by atoms with E-state index in [9.17, 15) is 0 Å². The van der Waals surface area contributed by atoms with Gasteiger partial charge in [0.25, 0.3) is 0 Å². The molecule has 5 rings (SSSR count). The van der Waals surface area contributed by atoms with Gasteiger partial charge in [0.15, 0.2) is 0 Å². The van der Waals surface area contributed by atoms with Gasteiger partial charge in [-0.25, -0.2) is 9.98 Å². The molecule has 4 aromatic carbocycles. The molecular formula is C50H56N4Si4. The second kappa shape index (κ2) is 18.3. The van der Waals surface area contributed by atoms with E-state index in [1.807, 2.05) is 60.7 Å². The molecule has 0 radical (unpaired) electrons. The highest BCUT2D eigenvalue weighted by atomic mass is 28.3. The van der Waals surface area contributed by atoms with E-state index < -0.39 is 32.3 Å². The van der Waals surface area contributed by atoms with E-state index in [1.165, 1.54) is 0 Å². The number of hydrogen-bond donors (Lipinski definition) is 2. The van der Waals surface area contributed by atoms with Crippen molar-refractivity contribution in [2.24, 2.45) is 9.98 Å². The zero-order chi connectivity index (χ0) is 42.1. The minimum absolute atomic E-state index is 0.731. The third kappa shape index (κ3) is 13.8. The maximum Gasteiger partial charge on any atom is 0.129 e. The minimum atomic E-state index is -1.65. The number of hydrogen-bond acceptors (Lipinski definition) is 4. The normalized spacial score (nSPS) is 14.3. The number of allylic oxidation sites excluding steroid dienone is 2. The van der Waals surface area contributed by atoms with Gasteiger partial charge in [0, 0.05) is 22.3 Å². The lowest BCUT2D eigenvalue weighted by Gasteiger charge is -2.22. The first-order valence-electron chi connectivity index (χ1n) is 19.9. The summed E-state index contributed by atoms with van der Waals surface area (Å²) < 4.78 is 0. The van der Waals surface area contributed by atoms with Crippen molar-refractivity contribution in [1.82, 2.24) is 0 Å². The van der Waals surface area contributed by atoms with Crippen molar-refractivity contribution < 1.29 is 0 Å². The number of para-hydroxylation sites is 4. The molecule has 4 aromatic rings. The third-order valence-corrected chi connectivity index (χ3v) is 11.6. The molecule has 292 valence electrons. The van der Waals surface area contributed by atoms with E-state index in [1.54, 1.807) is 0 Å². The average molecular weight is 825 g/mol. The lowest BCUT2D eigenvalue weighted by Crippen LogP contribution is -2.23. The summed E-state index contributed by atoms with van der Waals surface area (Å²) in [6.07, 6.45) is 4.17. The van der Waals surface area contributed by atoms with Crippen LogP contribution in [-0.4, -0.2) is 43.7 Å². The molecule has 0 saturated heterocycles. The summed E-state index contributed by atoms with van der Waals surface area (Å²) >= 11 is 0. The molecule has 0 unspecified atom stereocenters. The van der Waals surface area contributed by atoms with E-state index in [2.05, 4.69) is 184 Å². The number of aliphatic imine (C=N–C) groups is 2. The Hall–Kier alpha value is -5.59. The smallest absolute Gasteiger partial charge is 0.129 e. The van der Waals surface area contributed by atoms with Crippen LogP contribution in [0.3, 0.4) is 0 Å². The van der Waals surface area contributed by atoms with Crippen LogP contribution in [-0.2, 0) is 0 Å². The molecule has 0 amide bonds. The number of nitrogens with zero attached hydrogens (tertiary/aromatic N) is 2. The van der Waals surface area contributed by atoms with Crippen molar-refractivity contribution in [1.29, 1.82) is 0 Å². The van der Waals surface area contributed by atoms with Crippen molar-refractivity contribution in [3.05, 3.63) is 143 Å². The summed E-state index contributed by atoms with van der Waals surface area (Å²) in [6.45, 7) is 27.1. The predicted molar refractivity (Wildman–Crippen MR) is 264 cm³/mol. The van der Waals surface area contributed by atoms with Crippen LogP contribution >= 0.6 is 0 Å². The number of rotatable bonds is 6. The SMILES string of the molecule is C[Si](C)(C)C#Cc1ccccc1N=C1C=C(Nc2ccccc2C#C[Si](C)(C)C)C(=Nc2ccccc2C#C[Si](C)(C)C)C=C1Nc1ccccc1C#C[Si](C)(C)C. The van der Waals surface area contributed by atoms with Gasteiger partial charge in [-0.15, -0.1) is 22.2 Å². The molecule has 0 aromatic heterocycles. The Balaban J connectivity index is 1.79. The van der Waals surface area contributed by atoms with E-state index in [0.717, 1.165) is 67.8 Å². The molecular weight excluding hydrogens is 769 g/mol. The van der Waals surface area contributed by atoms with Gasteiger partial charge in [-0.1, -0.05) is 151 Å². The van der Waals surface area contributed by atoms with Crippen LogP contribution in [0.5, 0.6) is 0 Å². The second-order valence-corrected chi connectivity index (χ2v) is 37.5. The fraction of sp³-hybridized carbons (Fsp3) is 0.240. The fourth-order valence-corrected chi connectivity index (χ4v) is 7.33. The van der Waals surface area contributed by atoms with Crippen molar-refractivity contribution in [2.75, 3.05) is 10.6 Å². The van der Waals surface area contributed by atoms with E-state index in [0.29, 0.717) is 0 Å². The fourth-order valence-electron chi connectivity index (χ4n) is 5.29. The van der Waals surface area contributed by atoms with Crippen LogP contribution in [0, 0.1) is 45.9 Å². The molecule has 0 spiro atoms. The molecule has 0 bridgehead atoms. The largest absolute Gasteiger partial charge is 0.353 e. The van der Waals surface area contributed by atoms with Crippen molar-refractivity contribution >= 4 is 66.5 Å². The van der Waals surface area contributed by atoms with Crippen LogP contribution in [0.1, 0.15) is 22.3 Å². The topological polar surface area (TPSA) is 48.8 Å². The van der Waals surface area contributed by atoms with E-state index in [-0.39, 0.29) is 0 Å². The lowest BCUT2D eigenvalue weighted by molar-refractivity contribution is 1.39. The summed E-state index contributed by atoms with van der Waals surface area (Å²) in [5.74, 6) is 13.9. The molecule has 0 aliphatic heterocycles. The molecule has 0 saturated carbocycles.